The maximum absolute atomic E-state index is 13.3. The number of unbranched alkanes of at least 4 members (excludes halogenated alkanes) is 1. The average Bonchev–Trinajstić information content (AvgIpc) is 2.85. The molecule has 0 fully saturated rings. The van der Waals surface area contributed by atoms with E-state index in [-0.39, 0.29) is 31.3 Å². The number of hydrogen-bond acceptors (Lipinski definition) is 5. The first-order valence-corrected chi connectivity index (χ1v) is 14.2. The fraction of sp³-hybridized carbons (Fsp3) is 0.481. The van der Waals surface area contributed by atoms with E-state index in [4.69, 9.17) is 4.74 Å². The molecule has 0 bridgehead atoms. The number of aryl methyl sites for hydroxylation is 1. The second kappa shape index (κ2) is 13.9. The predicted molar refractivity (Wildman–Crippen MR) is 144 cm³/mol. The lowest BCUT2D eigenvalue weighted by Crippen LogP contribution is -2.47. The summed E-state index contributed by atoms with van der Waals surface area (Å²) in [6.45, 7) is 6.69. The van der Waals surface area contributed by atoms with Crippen LogP contribution in [0.15, 0.2) is 48.5 Å². The van der Waals surface area contributed by atoms with Crippen LogP contribution in [-0.4, -0.2) is 57.6 Å². The number of carbonyl (C=O) groups is 2. The highest BCUT2D eigenvalue weighted by molar-refractivity contribution is 7.92. The van der Waals surface area contributed by atoms with Crippen molar-refractivity contribution in [2.45, 2.75) is 59.0 Å². The fourth-order valence-corrected chi connectivity index (χ4v) is 4.73. The zero-order valence-corrected chi connectivity index (χ0v) is 22.8. The zero-order valence-electron chi connectivity index (χ0n) is 22.0. The Morgan fingerprint density at radius 1 is 1.03 bits per heavy atom. The molecule has 1 N–H and O–H groups in total. The molecule has 0 saturated carbocycles. The van der Waals surface area contributed by atoms with E-state index in [0.29, 0.717) is 24.4 Å². The van der Waals surface area contributed by atoms with Gasteiger partial charge in [0.2, 0.25) is 21.8 Å². The van der Waals surface area contributed by atoms with Crippen LogP contribution < -0.4 is 14.4 Å². The van der Waals surface area contributed by atoms with E-state index in [2.05, 4.69) is 5.32 Å². The third-order valence-electron chi connectivity index (χ3n) is 5.98. The maximum atomic E-state index is 13.3. The average molecular weight is 518 g/mol. The van der Waals surface area contributed by atoms with Gasteiger partial charge >= 0.3 is 0 Å². The SMILES string of the molecule is CCCCNC(=O)[C@@H](C)N(Cc1ccc(OC)cc1)C(=O)CCCN(c1ccc(C)cc1)S(C)(=O)=O. The summed E-state index contributed by atoms with van der Waals surface area (Å²) in [6.07, 6.45) is 3.42. The highest BCUT2D eigenvalue weighted by atomic mass is 32.2. The minimum atomic E-state index is -3.51. The highest BCUT2D eigenvalue weighted by Crippen LogP contribution is 2.20. The lowest BCUT2D eigenvalue weighted by Gasteiger charge is -2.29. The number of rotatable bonds is 14. The van der Waals surface area contributed by atoms with Crippen LogP contribution in [0.3, 0.4) is 0 Å². The molecule has 1 atom stereocenters. The number of benzene rings is 2. The molecule has 36 heavy (non-hydrogen) atoms. The predicted octanol–water partition coefficient (Wildman–Crippen LogP) is 3.88. The Labute approximate surface area is 215 Å². The highest BCUT2D eigenvalue weighted by Gasteiger charge is 2.26. The molecular formula is C27H39N3O5S. The molecule has 0 aliphatic rings. The summed E-state index contributed by atoms with van der Waals surface area (Å²) in [5.74, 6) is 0.294. The molecule has 2 aromatic carbocycles. The van der Waals surface area contributed by atoms with Gasteiger partial charge in [0.25, 0.3) is 0 Å². The monoisotopic (exact) mass is 517 g/mol. The Kier molecular flexibility index (Phi) is 11.2. The van der Waals surface area contributed by atoms with Crippen molar-refractivity contribution < 1.29 is 22.7 Å². The van der Waals surface area contributed by atoms with Crippen molar-refractivity contribution in [1.82, 2.24) is 10.2 Å². The number of amides is 2. The van der Waals surface area contributed by atoms with Gasteiger partial charge in [-0.05, 0) is 56.5 Å². The summed E-state index contributed by atoms with van der Waals surface area (Å²) in [6, 6.07) is 13.9. The Balaban J connectivity index is 2.14. The standard InChI is InChI=1S/C27H39N3O5S/c1-6-7-18-28-27(32)22(3)29(20-23-12-16-25(35-4)17-13-23)26(31)9-8-19-30(36(5,33)34)24-14-10-21(2)11-15-24/h10-17,22H,6-9,18-20H2,1-5H3,(H,28,32)/t22-/m1/s1. The molecule has 0 aromatic heterocycles. The van der Waals surface area contributed by atoms with Crippen molar-refractivity contribution in [2.24, 2.45) is 0 Å². The van der Waals surface area contributed by atoms with E-state index in [1.165, 1.54) is 4.31 Å². The molecule has 8 nitrogen and oxygen atoms in total. The number of carbonyl (C=O) groups excluding carboxylic acids is 2. The van der Waals surface area contributed by atoms with Gasteiger partial charge in [-0.15, -0.1) is 0 Å². The lowest BCUT2D eigenvalue weighted by atomic mass is 10.1. The van der Waals surface area contributed by atoms with E-state index in [0.717, 1.165) is 30.2 Å². The van der Waals surface area contributed by atoms with Gasteiger partial charge in [-0.1, -0.05) is 43.2 Å². The summed E-state index contributed by atoms with van der Waals surface area (Å²) in [4.78, 5) is 27.6. The van der Waals surface area contributed by atoms with Crippen LogP contribution in [0, 0.1) is 6.92 Å². The largest absolute Gasteiger partial charge is 0.497 e. The molecule has 198 valence electrons. The first kappa shape index (κ1) is 29.2. The number of hydrogen-bond donors (Lipinski definition) is 1. The van der Waals surface area contributed by atoms with Crippen molar-refractivity contribution in [3.63, 3.8) is 0 Å². The minimum absolute atomic E-state index is 0.112. The summed E-state index contributed by atoms with van der Waals surface area (Å²) < 4.78 is 31.3. The Bertz CT molecular complexity index is 1090. The molecule has 0 saturated heterocycles. The fourth-order valence-electron chi connectivity index (χ4n) is 3.76. The van der Waals surface area contributed by atoms with Crippen molar-refractivity contribution in [2.75, 3.05) is 30.8 Å². The molecule has 0 unspecified atom stereocenters. The molecule has 0 radical (unpaired) electrons. The first-order valence-electron chi connectivity index (χ1n) is 12.3. The van der Waals surface area contributed by atoms with E-state index in [1.54, 1.807) is 31.1 Å². The van der Waals surface area contributed by atoms with Gasteiger partial charge in [0, 0.05) is 26.1 Å². The van der Waals surface area contributed by atoms with Crippen LogP contribution in [0.5, 0.6) is 5.75 Å². The molecule has 2 rings (SSSR count). The van der Waals surface area contributed by atoms with Gasteiger partial charge in [-0.3, -0.25) is 13.9 Å². The Morgan fingerprint density at radius 2 is 1.67 bits per heavy atom. The quantitative estimate of drug-likeness (QED) is 0.384. The summed E-state index contributed by atoms with van der Waals surface area (Å²) >= 11 is 0. The van der Waals surface area contributed by atoms with Crippen LogP contribution >= 0.6 is 0 Å². The van der Waals surface area contributed by atoms with Crippen LogP contribution in [0.2, 0.25) is 0 Å². The molecule has 2 aromatic rings. The normalized spacial score (nSPS) is 12.0. The second-order valence-electron chi connectivity index (χ2n) is 8.96. The van der Waals surface area contributed by atoms with Crippen molar-refractivity contribution in [3.8, 4) is 5.75 Å². The maximum Gasteiger partial charge on any atom is 0.242 e. The third-order valence-corrected chi connectivity index (χ3v) is 7.18. The van der Waals surface area contributed by atoms with Crippen LogP contribution in [0.4, 0.5) is 5.69 Å². The third kappa shape index (κ3) is 8.86. The molecular weight excluding hydrogens is 478 g/mol. The Hall–Kier alpha value is -3.07. The number of methoxy groups -OCH3 is 1. The smallest absolute Gasteiger partial charge is 0.242 e. The van der Waals surface area contributed by atoms with E-state index in [9.17, 15) is 18.0 Å². The molecule has 9 heteroatoms. The lowest BCUT2D eigenvalue weighted by molar-refractivity contribution is -0.140. The van der Waals surface area contributed by atoms with Crippen LogP contribution in [0.25, 0.3) is 0 Å². The number of nitrogens with zero attached hydrogens (tertiary/aromatic N) is 2. The van der Waals surface area contributed by atoms with Gasteiger partial charge < -0.3 is 15.0 Å². The van der Waals surface area contributed by atoms with Crippen LogP contribution in [0.1, 0.15) is 50.7 Å². The number of ether oxygens (including phenoxy) is 1. The summed E-state index contributed by atoms with van der Waals surface area (Å²) in [7, 11) is -1.93. The van der Waals surface area contributed by atoms with Gasteiger partial charge in [-0.2, -0.15) is 0 Å². The van der Waals surface area contributed by atoms with E-state index in [1.807, 2.05) is 50.2 Å². The van der Waals surface area contributed by atoms with E-state index >= 15 is 0 Å². The van der Waals surface area contributed by atoms with Gasteiger partial charge in [-0.25, -0.2) is 8.42 Å². The topological polar surface area (TPSA) is 96.0 Å². The molecule has 0 heterocycles. The Morgan fingerprint density at radius 3 is 2.22 bits per heavy atom. The molecule has 0 aliphatic carbocycles. The molecule has 0 spiro atoms. The summed E-state index contributed by atoms with van der Waals surface area (Å²) in [5, 5.41) is 2.90. The van der Waals surface area contributed by atoms with E-state index < -0.39 is 16.1 Å². The van der Waals surface area contributed by atoms with Gasteiger partial charge in [0.1, 0.15) is 11.8 Å². The molecule has 2 amide bonds. The minimum Gasteiger partial charge on any atom is -0.497 e. The van der Waals surface area contributed by atoms with Gasteiger partial charge in [0.05, 0.1) is 19.1 Å². The first-order chi connectivity index (χ1) is 17.1. The number of anilines is 1. The second-order valence-corrected chi connectivity index (χ2v) is 10.9. The zero-order chi connectivity index (χ0) is 26.7. The number of nitrogens with one attached hydrogen (secondary N) is 1. The number of sulfonamides is 1. The van der Waals surface area contributed by atoms with Crippen LogP contribution in [-0.2, 0) is 26.2 Å². The van der Waals surface area contributed by atoms with Crippen molar-refractivity contribution in [3.05, 3.63) is 59.7 Å². The van der Waals surface area contributed by atoms with Crippen molar-refractivity contribution in [1.29, 1.82) is 0 Å². The molecule has 0 aliphatic heterocycles. The van der Waals surface area contributed by atoms with Crippen molar-refractivity contribution >= 4 is 27.5 Å². The van der Waals surface area contributed by atoms with Gasteiger partial charge in [0.15, 0.2) is 0 Å². The summed E-state index contributed by atoms with van der Waals surface area (Å²) in [5.41, 5.74) is 2.46.